The summed E-state index contributed by atoms with van der Waals surface area (Å²) in [5.74, 6) is -0.206. The minimum atomic E-state index is -4.49. The number of carbonyl (C=O) groups excluding carboxylic acids is 1. The third-order valence-corrected chi connectivity index (χ3v) is 6.26. The van der Waals surface area contributed by atoms with Gasteiger partial charge in [0.05, 0.1) is 22.5 Å². The van der Waals surface area contributed by atoms with Gasteiger partial charge in [0.2, 0.25) is 0 Å². The molecule has 0 N–H and O–H groups in total. The zero-order valence-electron chi connectivity index (χ0n) is 16.9. The number of halogens is 4. The van der Waals surface area contributed by atoms with E-state index in [4.69, 9.17) is 11.6 Å². The largest absolute Gasteiger partial charge is 0.416 e. The maximum Gasteiger partial charge on any atom is 0.416 e. The maximum absolute atomic E-state index is 13.0. The van der Waals surface area contributed by atoms with Crippen LogP contribution in [-0.2, 0) is 17.4 Å². The van der Waals surface area contributed by atoms with Crippen LogP contribution in [0.4, 0.5) is 13.2 Å². The molecule has 0 saturated carbocycles. The highest BCUT2D eigenvalue weighted by Gasteiger charge is 2.31. The molecule has 0 aliphatic heterocycles. The van der Waals surface area contributed by atoms with Crippen molar-refractivity contribution in [1.29, 1.82) is 0 Å². The van der Waals surface area contributed by atoms with Gasteiger partial charge in [0, 0.05) is 29.4 Å². The summed E-state index contributed by atoms with van der Waals surface area (Å²) in [6, 6.07) is 12.9. The number of carbonyl (C=O) groups is 1. The molecule has 4 nitrogen and oxygen atoms in total. The van der Waals surface area contributed by atoms with Crippen LogP contribution in [0.15, 0.2) is 66.0 Å². The molecule has 0 bridgehead atoms. The molecular weight excluding hydrogens is 459 g/mol. The second-order valence-electron chi connectivity index (χ2n) is 7.27. The van der Waals surface area contributed by atoms with Crippen molar-refractivity contribution in [3.8, 4) is 11.3 Å². The summed E-state index contributed by atoms with van der Waals surface area (Å²) in [7, 11) is 0. The summed E-state index contributed by atoms with van der Waals surface area (Å²) < 4.78 is 40.5. The molecule has 0 amide bonds. The number of thioether (sulfide) groups is 1. The second-order valence-corrected chi connectivity index (χ2v) is 8.64. The zero-order valence-corrected chi connectivity index (χ0v) is 18.4. The first-order valence-corrected chi connectivity index (χ1v) is 11.0. The minimum Gasteiger partial charge on any atom is -0.298 e. The summed E-state index contributed by atoms with van der Waals surface area (Å²) >= 11 is 7.22. The van der Waals surface area contributed by atoms with Crippen LogP contribution in [0.25, 0.3) is 16.8 Å². The van der Waals surface area contributed by atoms with Gasteiger partial charge in [-0.05, 0) is 36.8 Å². The Morgan fingerprint density at radius 3 is 2.59 bits per heavy atom. The lowest BCUT2D eigenvalue weighted by Crippen LogP contribution is -2.10. The fourth-order valence-electron chi connectivity index (χ4n) is 3.17. The van der Waals surface area contributed by atoms with Crippen LogP contribution >= 0.6 is 23.4 Å². The molecule has 164 valence electrons. The average Bonchev–Trinajstić information content (AvgIpc) is 3.18. The summed E-state index contributed by atoms with van der Waals surface area (Å²) in [5.41, 5.74) is 2.97. The molecule has 0 aliphatic rings. The van der Waals surface area contributed by atoms with E-state index >= 15 is 0 Å². The molecular formula is C23H17ClF3N3OS. The van der Waals surface area contributed by atoms with E-state index in [0.29, 0.717) is 5.03 Å². The Kier molecular flexibility index (Phi) is 6.26. The van der Waals surface area contributed by atoms with Gasteiger partial charge in [0.15, 0.2) is 0 Å². The molecule has 0 unspecified atom stereocenters. The van der Waals surface area contributed by atoms with Crippen molar-refractivity contribution in [2.75, 3.05) is 5.75 Å². The van der Waals surface area contributed by atoms with Gasteiger partial charge < -0.3 is 0 Å². The van der Waals surface area contributed by atoms with Gasteiger partial charge in [0.25, 0.3) is 0 Å². The summed E-state index contributed by atoms with van der Waals surface area (Å²) in [6.45, 7) is 2.01. The molecule has 32 heavy (non-hydrogen) atoms. The van der Waals surface area contributed by atoms with E-state index in [1.165, 1.54) is 17.8 Å². The fourth-order valence-corrected chi connectivity index (χ4v) is 4.19. The predicted octanol–water partition coefficient (Wildman–Crippen LogP) is 6.28. The monoisotopic (exact) mass is 475 g/mol. The van der Waals surface area contributed by atoms with Crippen molar-refractivity contribution < 1.29 is 18.0 Å². The first-order valence-electron chi connectivity index (χ1n) is 9.62. The molecule has 0 aliphatic carbocycles. The number of rotatable bonds is 6. The first-order chi connectivity index (χ1) is 15.2. The first kappa shape index (κ1) is 22.4. The highest BCUT2D eigenvalue weighted by molar-refractivity contribution is 8.00. The number of hydrogen-bond acceptors (Lipinski definition) is 4. The molecule has 4 aromatic rings. The number of alkyl halides is 3. The third-order valence-electron chi connectivity index (χ3n) is 4.83. The third kappa shape index (κ3) is 4.97. The molecule has 4 rings (SSSR count). The Labute approximate surface area is 191 Å². The summed E-state index contributed by atoms with van der Waals surface area (Å²) in [5, 5.41) is 5.31. The van der Waals surface area contributed by atoms with E-state index in [1.54, 1.807) is 16.9 Å². The topological polar surface area (TPSA) is 47.3 Å². The highest BCUT2D eigenvalue weighted by Crippen LogP contribution is 2.32. The van der Waals surface area contributed by atoms with Crippen LogP contribution < -0.4 is 0 Å². The van der Waals surface area contributed by atoms with Crippen LogP contribution in [0, 0.1) is 6.92 Å². The van der Waals surface area contributed by atoms with E-state index in [0.717, 1.165) is 34.5 Å². The van der Waals surface area contributed by atoms with Crippen LogP contribution in [-0.4, -0.2) is 26.1 Å². The number of nitrogens with zero attached hydrogens (tertiary/aromatic N) is 3. The van der Waals surface area contributed by atoms with Crippen molar-refractivity contribution in [3.63, 3.8) is 0 Å². The van der Waals surface area contributed by atoms with E-state index in [9.17, 15) is 18.0 Å². The van der Waals surface area contributed by atoms with Crippen LogP contribution in [0.3, 0.4) is 0 Å². The molecule has 0 atom stereocenters. The van der Waals surface area contributed by atoms with Crippen molar-refractivity contribution in [1.82, 2.24) is 14.6 Å². The van der Waals surface area contributed by atoms with Gasteiger partial charge in [-0.25, -0.2) is 9.50 Å². The maximum atomic E-state index is 13.0. The number of aromatic nitrogens is 3. The van der Waals surface area contributed by atoms with Gasteiger partial charge in [-0.1, -0.05) is 53.2 Å². The predicted molar refractivity (Wildman–Crippen MR) is 119 cm³/mol. The van der Waals surface area contributed by atoms with Crippen LogP contribution in [0.2, 0.25) is 5.02 Å². The molecule has 2 aromatic heterocycles. The summed E-state index contributed by atoms with van der Waals surface area (Å²) in [4.78, 5) is 16.8. The Morgan fingerprint density at radius 2 is 1.88 bits per heavy atom. The van der Waals surface area contributed by atoms with Gasteiger partial charge in [-0.15, -0.1) is 0 Å². The Balaban J connectivity index is 1.50. The molecule has 0 fully saturated rings. The zero-order chi connectivity index (χ0) is 22.9. The van der Waals surface area contributed by atoms with Gasteiger partial charge in [-0.2, -0.15) is 18.3 Å². The number of fused-ring (bicyclic) bond motifs is 1. The van der Waals surface area contributed by atoms with E-state index < -0.39 is 11.7 Å². The van der Waals surface area contributed by atoms with Crippen molar-refractivity contribution in [3.05, 3.63) is 82.6 Å². The van der Waals surface area contributed by atoms with Crippen LogP contribution in [0.1, 0.15) is 16.7 Å². The normalized spacial score (nSPS) is 11.8. The smallest absolute Gasteiger partial charge is 0.298 e. The lowest BCUT2D eigenvalue weighted by atomic mass is 10.1. The molecule has 2 heterocycles. The van der Waals surface area contributed by atoms with Crippen molar-refractivity contribution >= 4 is 34.7 Å². The minimum absolute atomic E-state index is 0.0459. The van der Waals surface area contributed by atoms with Crippen molar-refractivity contribution in [2.24, 2.45) is 0 Å². The van der Waals surface area contributed by atoms with Crippen molar-refractivity contribution in [2.45, 2.75) is 24.5 Å². The Bertz CT molecular complexity index is 1290. The SMILES string of the molecule is Cc1ccc(-c2cc3c(SCC(=O)Cc4cc(C(F)(F)F)ccc4Cl)nccn3n2)cc1. The Hall–Kier alpha value is -2.84. The fraction of sp³-hybridized carbons (Fsp3) is 0.174. The van der Waals surface area contributed by atoms with Gasteiger partial charge in [-0.3, -0.25) is 4.79 Å². The quantitative estimate of drug-likeness (QED) is 0.308. The number of hydrogen-bond donors (Lipinski definition) is 0. The molecule has 0 spiro atoms. The highest BCUT2D eigenvalue weighted by atomic mass is 35.5. The van der Waals surface area contributed by atoms with Gasteiger partial charge >= 0.3 is 6.18 Å². The Morgan fingerprint density at radius 1 is 1.12 bits per heavy atom. The number of Topliss-reactive ketones (excluding diaryl/α,β-unsaturated/α-hetero) is 1. The van der Waals surface area contributed by atoms with Crippen LogP contribution in [0.5, 0.6) is 0 Å². The molecule has 9 heteroatoms. The lowest BCUT2D eigenvalue weighted by Gasteiger charge is -2.10. The summed E-state index contributed by atoms with van der Waals surface area (Å²) in [6.07, 6.45) is -1.36. The number of benzene rings is 2. The molecule has 0 saturated heterocycles. The van der Waals surface area contributed by atoms with E-state index in [2.05, 4.69) is 10.1 Å². The van der Waals surface area contributed by atoms with E-state index in [-0.39, 0.29) is 28.5 Å². The van der Waals surface area contributed by atoms with E-state index in [1.807, 2.05) is 37.3 Å². The second kappa shape index (κ2) is 8.96. The molecule has 0 radical (unpaired) electrons. The standard InChI is InChI=1S/C23H17ClF3N3OS/c1-14-2-4-15(5-3-14)20-12-21-22(28-8-9-30(21)29-20)32-13-18(31)11-16-10-17(23(25,26)27)6-7-19(16)24/h2-10,12H,11,13H2,1H3. The lowest BCUT2D eigenvalue weighted by molar-refractivity contribution is -0.137. The number of ketones is 1. The number of aryl methyl sites for hydroxylation is 1. The average molecular weight is 476 g/mol. The molecule has 2 aromatic carbocycles. The van der Waals surface area contributed by atoms with Gasteiger partial charge in [0.1, 0.15) is 10.8 Å².